The van der Waals surface area contributed by atoms with Crippen molar-refractivity contribution in [3.63, 3.8) is 0 Å². The highest BCUT2D eigenvalue weighted by molar-refractivity contribution is 9.10. The topological polar surface area (TPSA) is 45.4 Å². The van der Waals surface area contributed by atoms with Gasteiger partial charge in [0.2, 0.25) is 0 Å². The van der Waals surface area contributed by atoms with Crippen LogP contribution in [0.25, 0.3) is 0 Å². The molecule has 0 atom stereocenters. The molecule has 0 aliphatic carbocycles. The van der Waals surface area contributed by atoms with Crippen LogP contribution in [0.1, 0.15) is 11.5 Å². The molecule has 0 aliphatic rings. The van der Waals surface area contributed by atoms with E-state index in [2.05, 4.69) is 21.2 Å². The molecule has 0 aliphatic heterocycles. The first-order valence-electron chi connectivity index (χ1n) is 5.06. The number of hydrogen-bond acceptors (Lipinski definition) is 3. The number of rotatable bonds is 4. The van der Waals surface area contributed by atoms with Crippen molar-refractivity contribution in [3.8, 4) is 0 Å². The Kier molecular flexibility index (Phi) is 4.10. The maximum Gasteiger partial charge on any atom is 0.129 e. The number of aliphatic hydroxyl groups excluding tert-OH is 1. The molecule has 5 heteroatoms. The number of benzene rings is 1. The fourth-order valence-corrected chi connectivity index (χ4v) is 1.98. The highest BCUT2D eigenvalue weighted by Crippen LogP contribution is 2.26. The van der Waals surface area contributed by atoms with E-state index in [4.69, 9.17) is 21.1 Å². The summed E-state index contributed by atoms with van der Waals surface area (Å²) in [4.78, 5) is 0. The fraction of sp³-hybridized carbons (Fsp3) is 0.167. The van der Waals surface area contributed by atoms with Crippen LogP contribution in [0.4, 0.5) is 5.69 Å². The third-order valence-corrected chi connectivity index (χ3v) is 3.18. The Morgan fingerprint density at radius 1 is 1.24 bits per heavy atom. The predicted molar refractivity (Wildman–Crippen MR) is 71.1 cm³/mol. The van der Waals surface area contributed by atoms with Gasteiger partial charge in [0, 0.05) is 9.50 Å². The van der Waals surface area contributed by atoms with E-state index in [0.29, 0.717) is 17.3 Å². The SMILES string of the molecule is OCc1ccc(CNc2cc(Cl)ccc2Br)o1. The molecule has 0 radical (unpaired) electrons. The van der Waals surface area contributed by atoms with Crippen LogP contribution in [-0.2, 0) is 13.2 Å². The van der Waals surface area contributed by atoms with Crippen LogP contribution < -0.4 is 5.32 Å². The van der Waals surface area contributed by atoms with Crippen molar-refractivity contribution >= 4 is 33.2 Å². The zero-order valence-electron chi connectivity index (χ0n) is 8.91. The lowest BCUT2D eigenvalue weighted by molar-refractivity contribution is 0.244. The lowest BCUT2D eigenvalue weighted by Gasteiger charge is -2.07. The van der Waals surface area contributed by atoms with Gasteiger partial charge in [-0.15, -0.1) is 0 Å². The maximum atomic E-state index is 8.88. The quantitative estimate of drug-likeness (QED) is 0.902. The van der Waals surface area contributed by atoms with Crippen molar-refractivity contribution in [1.29, 1.82) is 0 Å². The van der Waals surface area contributed by atoms with Gasteiger partial charge in [0.1, 0.15) is 18.1 Å². The van der Waals surface area contributed by atoms with Crippen molar-refractivity contribution in [2.75, 3.05) is 5.32 Å². The van der Waals surface area contributed by atoms with Gasteiger partial charge in [-0.1, -0.05) is 11.6 Å². The summed E-state index contributed by atoms with van der Waals surface area (Å²) < 4.78 is 6.30. The molecule has 2 rings (SSSR count). The van der Waals surface area contributed by atoms with Crippen molar-refractivity contribution in [1.82, 2.24) is 0 Å². The molecule has 2 aromatic rings. The molecule has 0 amide bonds. The number of nitrogens with one attached hydrogen (secondary N) is 1. The van der Waals surface area contributed by atoms with E-state index in [1.165, 1.54) is 0 Å². The van der Waals surface area contributed by atoms with Crippen molar-refractivity contribution < 1.29 is 9.52 Å². The maximum absolute atomic E-state index is 8.88. The molecule has 0 fully saturated rings. The minimum Gasteiger partial charge on any atom is -0.462 e. The van der Waals surface area contributed by atoms with Gasteiger partial charge < -0.3 is 14.8 Å². The van der Waals surface area contributed by atoms with Crippen LogP contribution in [0.2, 0.25) is 5.02 Å². The van der Waals surface area contributed by atoms with Gasteiger partial charge in [-0.25, -0.2) is 0 Å². The third-order valence-electron chi connectivity index (χ3n) is 2.25. The lowest BCUT2D eigenvalue weighted by atomic mass is 10.3. The van der Waals surface area contributed by atoms with Gasteiger partial charge in [-0.05, 0) is 46.3 Å². The van der Waals surface area contributed by atoms with Crippen molar-refractivity contribution in [3.05, 3.63) is 51.3 Å². The van der Waals surface area contributed by atoms with Crippen molar-refractivity contribution in [2.45, 2.75) is 13.2 Å². The average Bonchev–Trinajstić information content (AvgIpc) is 2.78. The summed E-state index contributed by atoms with van der Waals surface area (Å²) in [5, 5.41) is 12.8. The van der Waals surface area contributed by atoms with E-state index in [9.17, 15) is 0 Å². The second-order valence-electron chi connectivity index (χ2n) is 3.50. The molecule has 0 saturated heterocycles. The first kappa shape index (κ1) is 12.5. The molecule has 0 spiro atoms. The second kappa shape index (κ2) is 5.58. The molecular formula is C12H11BrClNO2. The van der Waals surface area contributed by atoms with E-state index in [-0.39, 0.29) is 6.61 Å². The number of halogens is 2. The smallest absolute Gasteiger partial charge is 0.129 e. The largest absolute Gasteiger partial charge is 0.462 e. The monoisotopic (exact) mass is 315 g/mol. The molecule has 1 aromatic heterocycles. The lowest BCUT2D eigenvalue weighted by Crippen LogP contribution is -1.98. The van der Waals surface area contributed by atoms with Gasteiger partial charge in [0.15, 0.2) is 0 Å². The first-order valence-corrected chi connectivity index (χ1v) is 6.23. The Morgan fingerprint density at radius 3 is 2.71 bits per heavy atom. The summed E-state index contributed by atoms with van der Waals surface area (Å²) in [6.45, 7) is 0.458. The van der Waals surface area contributed by atoms with E-state index in [1.54, 1.807) is 6.07 Å². The Hall–Kier alpha value is -0.970. The van der Waals surface area contributed by atoms with Crippen LogP contribution in [0.5, 0.6) is 0 Å². The summed E-state index contributed by atoms with van der Waals surface area (Å²) in [7, 11) is 0. The number of aliphatic hydroxyl groups is 1. The van der Waals surface area contributed by atoms with Gasteiger partial charge >= 0.3 is 0 Å². The molecule has 1 heterocycles. The second-order valence-corrected chi connectivity index (χ2v) is 4.79. The van der Waals surface area contributed by atoms with Crippen LogP contribution in [0.15, 0.2) is 39.2 Å². The fourth-order valence-electron chi connectivity index (χ4n) is 1.42. The average molecular weight is 317 g/mol. The van der Waals surface area contributed by atoms with Crippen LogP contribution in [0.3, 0.4) is 0 Å². The molecule has 17 heavy (non-hydrogen) atoms. The Bertz CT molecular complexity index is 513. The van der Waals surface area contributed by atoms with Crippen molar-refractivity contribution in [2.24, 2.45) is 0 Å². The normalized spacial score (nSPS) is 10.5. The summed E-state index contributed by atoms with van der Waals surface area (Å²) >= 11 is 9.34. The van der Waals surface area contributed by atoms with E-state index >= 15 is 0 Å². The minimum atomic E-state index is -0.0825. The molecule has 2 N–H and O–H groups in total. The third kappa shape index (κ3) is 3.25. The van der Waals surface area contributed by atoms with E-state index in [0.717, 1.165) is 15.9 Å². The standard InChI is InChI=1S/C12H11BrClNO2/c13-11-4-1-8(14)5-12(11)15-6-9-2-3-10(7-16)17-9/h1-5,15-16H,6-7H2. The van der Waals surface area contributed by atoms with Gasteiger partial charge in [0.25, 0.3) is 0 Å². The van der Waals surface area contributed by atoms with E-state index in [1.807, 2.05) is 24.3 Å². The Morgan fingerprint density at radius 2 is 2.00 bits per heavy atom. The van der Waals surface area contributed by atoms with Crippen LogP contribution in [-0.4, -0.2) is 5.11 Å². The first-order chi connectivity index (χ1) is 8.19. The summed E-state index contributed by atoms with van der Waals surface area (Å²) in [5.74, 6) is 1.33. The molecule has 3 nitrogen and oxygen atoms in total. The molecule has 0 bridgehead atoms. The van der Waals surface area contributed by atoms with Gasteiger partial charge in [-0.2, -0.15) is 0 Å². The molecule has 0 unspecified atom stereocenters. The van der Waals surface area contributed by atoms with Gasteiger partial charge in [0.05, 0.1) is 12.2 Å². The molecule has 90 valence electrons. The molecule has 1 aromatic carbocycles. The Labute approximate surface area is 113 Å². The number of anilines is 1. The summed E-state index contributed by atoms with van der Waals surface area (Å²) in [6, 6.07) is 9.11. The predicted octanol–water partition coefficient (Wildman–Crippen LogP) is 3.80. The summed E-state index contributed by atoms with van der Waals surface area (Å²) in [6.07, 6.45) is 0. The summed E-state index contributed by atoms with van der Waals surface area (Å²) in [5.41, 5.74) is 0.902. The Balaban J connectivity index is 2.04. The zero-order valence-corrected chi connectivity index (χ0v) is 11.3. The minimum absolute atomic E-state index is 0.0825. The number of furan rings is 1. The van der Waals surface area contributed by atoms with Gasteiger partial charge in [-0.3, -0.25) is 0 Å². The van der Waals surface area contributed by atoms with Crippen LogP contribution >= 0.6 is 27.5 Å². The molecule has 0 saturated carbocycles. The highest BCUT2D eigenvalue weighted by atomic mass is 79.9. The highest BCUT2D eigenvalue weighted by Gasteiger charge is 2.03. The zero-order chi connectivity index (χ0) is 12.3. The molecular weight excluding hydrogens is 305 g/mol. The van der Waals surface area contributed by atoms with Crippen LogP contribution in [0, 0.1) is 0 Å². The number of hydrogen-bond donors (Lipinski definition) is 2. The van der Waals surface area contributed by atoms with E-state index < -0.39 is 0 Å².